The van der Waals surface area contributed by atoms with Gasteiger partial charge in [-0.3, -0.25) is 9.59 Å². The van der Waals surface area contributed by atoms with Gasteiger partial charge in [-0.15, -0.1) is 0 Å². The topological polar surface area (TPSA) is 93.7 Å². The summed E-state index contributed by atoms with van der Waals surface area (Å²) in [5.74, 6) is -1.19. The van der Waals surface area contributed by atoms with Crippen molar-refractivity contribution in [2.24, 2.45) is 5.92 Å². The van der Waals surface area contributed by atoms with Crippen molar-refractivity contribution in [3.05, 3.63) is 29.8 Å². The normalized spacial score (nSPS) is 15.7. The maximum atomic E-state index is 12.5. The summed E-state index contributed by atoms with van der Waals surface area (Å²) in [5, 5.41) is 5.47. The Hall–Kier alpha value is -2.57. The Morgan fingerprint density at radius 3 is 2.35 bits per heavy atom. The number of amides is 2. The molecular weight excluding hydrogens is 336 g/mol. The molecule has 7 heteroatoms. The molecule has 0 spiro atoms. The lowest BCUT2D eigenvalue weighted by Crippen LogP contribution is -2.48. The molecular formula is C19H26N2O5. The average molecular weight is 362 g/mol. The van der Waals surface area contributed by atoms with Crippen molar-refractivity contribution in [3.8, 4) is 5.75 Å². The first-order valence-corrected chi connectivity index (χ1v) is 8.78. The molecule has 2 rings (SSSR count). The second-order valence-electron chi connectivity index (χ2n) is 6.76. The van der Waals surface area contributed by atoms with E-state index in [0.717, 1.165) is 12.8 Å². The average Bonchev–Trinajstić information content (AvgIpc) is 3.42. The van der Waals surface area contributed by atoms with Gasteiger partial charge in [0.05, 0.1) is 12.7 Å². The van der Waals surface area contributed by atoms with Gasteiger partial charge in [-0.25, -0.2) is 4.79 Å². The fourth-order valence-electron chi connectivity index (χ4n) is 2.40. The Balaban J connectivity index is 2.01. The van der Waals surface area contributed by atoms with Crippen LogP contribution in [-0.4, -0.2) is 43.1 Å². The molecule has 0 aromatic heterocycles. The van der Waals surface area contributed by atoms with E-state index in [1.54, 1.807) is 38.1 Å². The van der Waals surface area contributed by atoms with Gasteiger partial charge in [0.25, 0.3) is 11.8 Å². The number of rotatable bonds is 8. The number of hydrogen-bond acceptors (Lipinski definition) is 5. The van der Waals surface area contributed by atoms with Crippen LogP contribution in [0.1, 0.15) is 44.0 Å². The van der Waals surface area contributed by atoms with Crippen molar-refractivity contribution in [1.29, 1.82) is 0 Å². The Labute approximate surface area is 153 Å². The molecule has 7 nitrogen and oxygen atoms in total. The maximum absolute atomic E-state index is 12.5. The fourth-order valence-corrected chi connectivity index (χ4v) is 2.40. The Bertz CT molecular complexity index is 670. The summed E-state index contributed by atoms with van der Waals surface area (Å²) in [4.78, 5) is 37.0. The summed E-state index contributed by atoms with van der Waals surface area (Å²) in [7, 11) is 1.47. The summed E-state index contributed by atoms with van der Waals surface area (Å²) in [6.45, 7) is 5.11. The van der Waals surface area contributed by atoms with Crippen molar-refractivity contribution in [2.75, 3.05) is 7.11 Å². The number of esters is 1. The van der Waals surface area contributed by atoms with E-state index in [9.17, 15) is 14.4 Å². The molecule has 1 aliphatic carbocycles. The van der Waals surface area contributed by atoms with Crippen molar-refractivity contribution < 1.29 is 23.9 Å². The molecule has 2 N–H and O–H groups in total. The van der Waals surface area contributed by atoms with E-state index in [1.165, 1.54) is 14.0 Å². The maximum Gasteiger partial charge on any atom is 0.329 e. The van der Waals surface area contributed by atoms with Crippen molar-refractivity contribution in [1.82, 2.24) is 10.6 Å². The SMILES string of the molecule is COc1ccccc1C(=O)N[C@H](C(=O)O[C@H](C)C(=O)NC1CC1)C(C)C. The third-order valence-corrected chi connectivity index (χ3v) is 4.14. The van der Waals surface area contributed by atoms with Gasteiger partial charge in [-0.05, 0) is 37.8 Å². The number of ether oxygens (including phenoxy) is 2. The van der Waals surface area contributed by atoms with E-state index in [2.05, 4.69) is 10.6 Å². The first kappa shape index (κ1) is 19.8. The van der Waals surface area contributed by atoms with Crippen molar-refractivity contribution in [2.45, 2.75) is 51.8 Å². The molecule has 142 valence electrons. The van der Waals surface area contributed by atoms with Crippen LogP contribution in [0.25, 0.3) is 0 Å². The van der Waals surface area contributed by atoms with Gasteiger partial charge in [-0.2, -0.15) is 0 Å². The second-order valence-corrected chi connectivity index (χ2v) is 6.76. The lowest BCUT2D eigenvalue weighted by Gasteiger charge is -2.23. The number of hydrogen-bond donors (Lipinski definition) is 2. The summed E-state index contributed by atoms with van der Waals surface area (Å²) in [6.07, 6.45) is 0.999. The smallest absolute Gasteiger partial charge is 0.329 e. The van der Waals surface area contributed by atoms with Gasteiger partial charge in [0.2, 0.25) is 0 Å². The van der Waals surface area contributed by atoms with Crippen LogP contribution < -0.4 is 15.4 Å². The quantitative estimate of drug-likeness (QED) is 0.686. The number of benzene rings is 1. The Kier molecular flexibility index (Phi) is 6.60. The van der Waals surface area contributed by atoms with E-state index in [0.29, 0.717) is 11.3 Å². The van der Waals surface area contributed by atoms with Crippen molar-refractivity contribution >= 4 is 17.8 Å². The third kappa shape index (κ3) is 5.21. The predicted octanol–water partition coefficient (Wildman–Crippen LogP) is 1.66. The van der Waals surface area contributed by atoms with Gasteiger partial charge in [-0.1, -0.05) is 26.0 Å². The first-order chi connectivity index (χ1) is 12.3. The van der Waals surface area contributed by atoms with Crippen molar-refractivity contribution in [3.63, 3.8) is 0 Å². The molecule has 2 amide bonds. The van der Waals surface area contributed by atoms with Gasteiger partial charge in [0, 0.05) is 6.04 Å². The second kappa shape index (κ2) is 8.69. The van der Waals surface area contributed by atoms with E-state index in [4.69, 9.17) is 9.47 Å². The van der Waals surface area contributed by atoms with Gasteiger partial charge in [0.1, 0.15) is 11.8 Å². The van der Waals surface area contributed by atoms with Crippen LogP contribution in [0.15, 0.2) is 24.3 Å². The predicted molar refractivity (Wildman–Crippen MR) is 95.8 cm³/mol. The number of carbonyl (C=O) groups excluding carboxylic acids is 3. The van der Waals surface area contributed by atoms with Crippen LogP contribution >= 0.6 is 0 Å². The molecule has 0 bridgehead atoms. The highest BCUT2D eigenvalue weighted by atomic mass is 16.5. The molecule has 1 saturated carbocycles. The molecule has 1 aromatic carbocycles. The Morgan fingerprint density at radius 2 is 1.77 bits per heavy atom. The van der Waals surface area contributed by atoms with Gasteiger partial charge in [0.15, 0.2) is 6.10 Å². The van der Waals surface area contributed by atoms with Gasteiger partial charge >= 0.3 is 5.97 Å². The minimum Gasteiger partial charge on any atom is -0.496 e. The zero-order valence-electron chi connectivity index (χ0n) is 15.6. The number of para-hydroxylation sites is 1. The minimum absolute atomic E-state index is 0.190. The number of nitrogens with one attached hydrogen (secondary N) is 2. The van der Waals surface area contributed by atoms with Crippen LogP contribution in [0.4, 0.5) is 0 Å². The largest absolute Gasteiger partial charge is 0.496 e. The van der Waals surface area contributed by atoms with Crippen LogP contribution in [0, 0.1) is 5.92 Å². The van der Waals surface area contributed by atoms with E-state index in [1.807, 2.05) is 0 Å². The highest BCUT2D eigenvalue weighted by Crippen LogP contribution is 2.19. The Morgan fingerprint density at radius 1 is 1.12 bits per heavy atom. The summed E-state index contributed by atoms with van der Waals surface area (Å²) in [5.41, 5.74) is 0.327. The van der Waals surface area contributed by atoms with Crippen LogP contribution in [-0.2, 0) is 14.3 Å². The van der Waals surface area contributed by atoms with E-state index in [-0.39, 0.29) is 17.9 Å². The lowest BCUT2D eigenvalue weighted by atomic mass is 10.0. The molecule has 0 unspecified atom stereocenters. The standard InChI is InChI=1S/C19H26N2O5/c1-11(2)16(19(24)26-12(3)17(22)20-13-9-10-13)21-18(23)14-7-5-6-8-15(14)25-4/h5-8,11-13,16H,9-10H2,1-4H3,(H,20,22)(H,21,23)/t12-,16+/m1/s1. The summed E-state index contributed by atoms with van der Waals surface area (Å²) < 4.78 is 10.4. The third-order valence-electron chi connectivity index (χ3n) is 4.14. The molecule has 1 aromatic rings. The van der Waals surface area contributed by atoms with Gasteiger partial charge < -0.3 is 20.1 Å². The number of carbonyl (C=O) groups is 3. The summed E-state index contributed by atoms with van der Waals surface area (Å²) >= 11 is 0. The van der Waals surface area contributed by atoms with Crippen LogP contribution in [0.3, 0.4) is 0 Å². The molecule has 26 heavy (non-hydrogen) atoms. The molecule has 0 heterocycles. The monoisotopic (exact) mass is 362 g/mol. The highest BCUT2D eigenvalue weighted by molar-refractivity contribution is 5.99. The fraction of sp³-hybridized carbons (Fsp3) is 0.526. The molecule has 1 aliphatic rings. The molecule has 0 aliphatic heterocycles. The van der Waals surface area contributed by atoms with Crippen LogP contribution in [0.2, 0.25) is 0 Å². The molecule has 1 fully saturated rings. The highest BCUT2D eigenvalue weighted by Gasteiger charge is 2.31. The van der Waals surface area contributed by atoms with Crippen LogP contribution in [0.5, 0.6) is 5.75 Å². The lowest BCUT2D eigenvalue weighted by molar-refractivity contribution is -0.157. The number of methoxy groups -OCH3 is 1. The summed E-state index contributed by atoms with van der Waals surface area (Å²) in [6, 6.07) is 6.07. The first-order valence-electron chi connectivity index (χ1n) is 8.78. The molecule has 0 saturated heterocycles. The zero-order chi connectivity index (χ0) is 19.3. The molecule has 0 radical (unpaired) electrons. The zero-order valence-corrected chi connectivity index (χ0v) is 15.6. The molecule has 2 atom stereocenters. The van der Waals surface area contributed by atoms with E-state index >= 15 is 0 Å². The minimum atomic E-state index is -0.910. The van der Waals surface area contributed by atoms with E-state index < -0.39 is 24.0 Å².